The van der Waals surface area contributed by atoms with Crippen LogP contribution in [-0.2, 0) is 6.42 Å². The van der Waals surface area contributed by atoms with E-state index in [1.165, 1.54) is 10.4 Å². The predicted molar refractivity (Wildman–Crippen MR) is 81.1 cm³/mol. The topological polar surface area (TPSA) is 24.9 Å². The lowest BCUT2D eigenvalue weighted by Gasteiger charge is -2.00. The van der Waals surface area contributed by atoms with Crippen molar-refractivity contribution in [3.8, 4) is 0 Å². The second kappa shape index (κ2) is 5.67. The van der Waals surface area contributed by atoms with Gasteiger partial charge in [0, 0.05) is 23.2 Å². The summed E-state index contributed by atoms with van der Waals surface area (Å²) in [4.78, 5) is 5.68. The zero-order chi connectivity index (χ0) is 12.9. The molecule has 1 N–H and O–H groups in total. The SMILES string of the molecule is c1ccc(Cc2cnc(Nc3ccccc3)s2)cc1. The Morgan fingerprint density at radius 1 is 0.895 bits per heavy atom. The molecule has 0 saturated heterocycles. The van der Waals surface area contributed by atoms with Crippen molar-refractivity contribution in [2.45, 2.75) is 6.42 Å². The molecule has 0 radical (unpaired) electrons. The third-order valence-corrected chi connectivity index (χ3v) is 3.71. The normalized spacial score (nSPS) is 10.3. The molecule has 2 nitrogen and oxygen atoms in total. The van der Waals surface area contributed by atoms with Gasteiger partial charge in [0.2, 0.25) is 0 Å². The van der Waals surface area contributed by atoms with Gasteiger partial charge in [-0.15, -0.1) is 11.3 Å². The zero-order valence-electron chi connectivity index (χ0n) is 10.4. The Hall–Kier alpha value is -2.13. The van der Waals surface area contributed by atoms with Gasteiger partial charge in [-0.3, -0.25) is 0 Å². The highest BCUT2D eigenvalue weighted by Gasteiger charge is 2.03. The molecule has 94 valence electrons. The number of para-hydroxylation sites is 1. The van der Waals surface area contributed by atoms with Crippen molar-refractivity contribution in [1.82, 2.24) is 4.98 Å². The summed E-state index contributed by atoms with van der Waals surface area (Å²) in [6.07, 6.45) is 2.89. The molecule has 0 bridgehead atoms. The molecule has 0 atom stereocenters. The van der Waals surface area contributed by atoms with Crippen molar-refractivity contribution in [2.75, 3.05) is 5.32 Å². The number of benzene rings is 2. The Kier molecular flexibility index (Phi) is 3.56. The van der Waals surface area contributed by atoms with Crippen LogP contribution in [0.25, 0.3) is 0 Å². The third kappa shape index (κ3) is 3.20. The van der Waals surface area contributed by atoms with Crippen LogP contribution >= 0.6 is 11.3 Å². The van der Waals surface area contributed by atoms with Gasteiger partial charge in [0.1, 0.15) is 0 Å². The summed E-state index contributed by atoms with van der Waals surface area (Å²) in [7, 11) is 0. The highest BCUT2D eigenvalue weighted by molar-refractivity contribution is 7.15. The van der Waals surface area contributed by atoms with Crippen LogP contribution in [0.3, 0.4) is 0 Å². The van der Waals surface area contributed by atoms with Crippen molar-refractivity contribution >= 4 is 22.2 Å². The van der Waals surface area contributed by atoms with Gasteiger partial charge in [-0.1, -0.05) is 48.5 Å². The maximum atomic E-state index is 4.42. The summed E-state index contributed by atoms with van der Waals surface area (Å²) >= 11 is 1.70. The molecule has 0 saturated carbocycles. The number of thiazole rings is 1. The lowest BCUT2D eigenvalue weighted by atomic mass is 10.1. The summed E-state index contributed by atoms with van der Waals surface area (Å²) < 4.78 is 0. The summed E-state index contributed by atoms with van der Waals surface area (Å²) in [6.45, 7) is 0. The molecule has 0 unspecified atom stereocenters. The van der Waals surface area contributed by atoms with E-state index in [0.29, 0.717) is 0 Å². The van der Waals surface area contributed by atoms with E-state index in [1.54, 1.807) is 11.3 Å². The van der Waals surface area contributed by atoms with Crippen LogP contribution in [-0.4, -0.2) is 4.98 Å². The van der Waals surface area contributed by atoms with Crippen molar-refractivity contribution in [1.29, 1.82) is 0 Å². The first-order valence-corrected chi connectivity index (χ1v) is 7.02. The van der Waals surface area contributed by atoms with E-state index in [1.807, 2.05) is 42.6 Å². The van der Waals surface area contributed by atoms with E-state index in [0.717, 1.165) is 17.2 Å². The fourth-order valence-electron chi connectivity index (χ4n) is 1.89. The fraction of sp³-hybridized carbons (Fsp3) is 0.0625. The standard InChI is InChI=1S/C16H14N2S/c1-3-7-13(8-4-1)11-15-12-17-16(19-15)18-14-9-5-2-6-10-14/h1-10,12H,11H2,(H,17,18). The average molecular weight is 266 g/mol. The number of nitrogens with zero attached hydrogens (tertiary/aromatic N) is 1. The van der Waals surface area contributed by atoms with Crippen molar-refractivity contribution in [3.05, 3.63) is 77.3 Å². The van der Waals surface area contributed by atoms with Gasteiger partial charge in [-0.05, 0) is 17.7 Å². The summed E-state index contributed by atoms with van der Waals surface area (Å²) in [6, 6.07) is 20.6. The molecule has 19 heavy (non-hydrogen) atoms. The van der Waals surface area contributed by atoms with Gasteiger partial charge in [0.15, 0.2) is 5.13 Å². The first kappa shape index (κ1) is 11.9. The Labute approximate surface area is 116 Å². The van der Waals surface area contributed by atoms with E-state index in [2.05, 4.69) is 34.6 Å². The maximum Gasteiger partial charge on any atom is 0.187 e. The second-order valence-electron chi connectivity index (χ2n) is 4.29. The first-order valence-electron chi connectivity index (χ1n) is 6.21. The van der Waals surface area contributed by atoms with Crippen LogP contribution in [0.15, 0.2) is 66.9 Å². The van der Waals surface area contributed by atoms with E-state index in [9.17, 15) is 0 Å². The molecule has 3 aromatic rings. The molecule has 0 fully saturated rings. The molecule has 3 heteroatoms. The van der Waals surface area contributed by atoms with Crippen molar-refractivity contribution in [2.24, 2.45) is 0 Å². The number of nitrogens with one attached hydrogen (secondary N) is 1. The van der Waals surface area contributed by atoms with Crippen LogP contribution < -0.4 is 5.32 Å². The largest absolute Gasteiger partial charge is 0.332 e. The molecule has 1 aromatic heterocycles. The van der Waals surface area contributed by atoms with Gasteiger partial charge in [-0.2, -0.15) is 0 Å². The summed E-state index contributed by atoms with van der Waals surface area (Å²) in [5.41, 5.74) is 2.39. The van der Waals surface area contributed by atoms with Crippen LogP contribution in [0, 0.1) is 0 Å². The summed E-state index contributed by atoms with van der Waals surface area (Å²) in [5.74, 6) is 0. The summed E-state index contributed by atoms with van der Waals surface area (Å²) in [5, 5.41) is 4.26. The molecule has 1 heterocycles. The number of hydrogen-bond donors (Lipinski definition) is 1. The van der Waals surface area contributed by atoms with E-state index in [4.69, 9.17) is 0 Å². The van der Waals surface area contributed by atoms with Gasteiger partial charge >= 0.3 is 0 Å². The molecule has 2 aromatic carbocycles. The molecular formula is C16H14N2S. The first-order chi connectivity index (χ1) is 9.40. The smallest absolute Gasteiger partial charge is 0.187 e. The fourth-order valence-corrected chi connectivity index (χ4v) is 2.76. The van der Waals surface area contributed by atoms with E-state index >= 15 is 0 Å². The Morgan fingerprint density at radius 3 is 2.32 bits per heavy atom. The van der Waals surface area contributed by atoms with E-state index in [-0.39, 0.29) is 0 Å². The van der Waals surface area contributed by atoms with Crippen LogP contribution in [0.1, 0.15) is 10.4 Å². The molecule has 0 aliphatic carbocycles. The monoisotopic (exact) mass is 266 g/mol. The van der Waals surface area contributed by atoms with Gasteiger partial charge < -0.3 is 5.32 Å². The Balaban J connectivity index is 1.70. The molecular weight excluding hydrogens is 252 g/mol. The maximum absolute atomic E-state index is 4.42. The predicted octanol–water partition coefficient (Wildman–Crippen LogP) is 4.48. The second-order valence-corrected chi connectivity index (χ2v) is 5.40. The molecule has 3 rings (SSSR count). The lowest BCUT2D eigenvalue weighted by Crippen LogP contribution is -1.87. The van der Waals surface area contributed by atoms with Crippen molar-refractivity contribution < 1.29 is 0 Å². The van der Waals surface area contributed by atoms with Crippen molar-refractivity contribution in [3.63, 3.8) is 0 Å². The number of aromatic nitrogens is 1. The average Bonchev–Trinajstić information content (AvgIpc) is 2.88. The van der Waals surface area contributed by atoms with Crippen LogP contribution in [0.4, 0.5) is 10.8 Å². The van der Waals surface area contributed by atoms with Gasteiger partial charge in [-0.25, -0.2) is 4.98 Å². The van der Waals surface area contributed by atoms with E-state index < -0.39 is 0 Å². The molecule has 0 amide bonds. The molecule has 0 aliphatic heterocycles. The van der Waals surface area contributed by atoms with Crippen LogP contribution in [0.2, 0.25) is 0 Å². The molecule has 0 aliphatic rings. The zero-order valence-corrected chi connectivity index (χ0v) is 11.2. The molecule has 0 spiro atoms. The number of hydrogen-bond acceptors (Lipinski definition) is 3. The van der Waals surface area contributed by atoms with Gasteiger partial charge in [0.25, 0.3) is 0 Å². The number of rotatable bonds is 4. The third-order valence-electron chi connectivity index (χ3n) is 2.80. The minimum Gasteiger partial charge on any atom is -0.332 e. The van der Waals surface area contributed by atoms with Gasteiger partial charge in [0.05, 0.1) is 0 Å². The highest BCUT2D eigenvalue weighted by atomic mass is 32.1. The highest BCUT2D eigenvalue weighted by Crippen LogP contribution is 2.24. The quantitative estimate of drug-likeness (QED) is 0.753. The minimum atomic E-state index is 0.939. The Morgan fingerprint density at radius 2 is 1.58 bits per heavy atom. The Bertz CT molecular complexity index is 576. The minimum absolute atomic E-state index is 0.939. The lowest BCUT2D eigenvalue weighted by molar-refractivity contribution is 1.22. The number of anilines is 2. The van der Waals surface area contributed by atoms with Crippen LogP contribution in [0.5, 0.6) is 0 Å².